The van der Waals surface area contributed by atoms with Crippen LogP contribution in [-0.2, 0) is 0 Å². The molecule has 0 heterocycles. The summed E-state index contributed by atoms with van der Waals surface area (Å²) < 4.78 is 31.3. The molecule has 0 spiro atoms. The number of hydrogen-bond donors (Lipinski definition) is 1. The van der Waals surface area contributed by atoms with Gasteiger partial charge in [-0.3, -0.25) is 0 Å². The molecule has 5 heteroatoms. The Bertz CT molecular complexity index is 602. The molecule has 2 rings (SSSR count). The summed E-state index contributed by atoms with van der Waals surface area (Å²) in [4.78, 5) is 0. The minimum Gasteiger partial charge on any atom is -0.494 e. The topological polar surface area (TPSA) is 29.5 Å². The highest BCUT2D eigenvalue weighted by Gasteiger charge is 2.16. The van der Waals surface area contributed by atoms with E-state index in [9.17, 15) is 13.9 Å². The quantitative estimate of drug-likeness (QED) is 0.931. The third kappa shape index (κ3) is 2.85. The molecule has 0 saturated carbocycles. The molecule has 0 fully saturated rings. The van der Waals surface area contributed by atoms with Crippen molar-refractivity contribution in [3.8, 4) is 5.75 Å². The number of hydrogen-bond acceptors (Lipinski definition) is 2. The molecule has 0 aliphatic heterocycles. The third-order valence-corrected chi connectivity index (χ3v) is 3.08. The van der Waals surface area contributed by atoms with Crippen LogP contribution < -0.4 is 4.74 Å². The first-order chi connectivity index (χ1) is 9.02. The van der Waals surface area contributed by atoms with Crippen molar-refractivity contribution in [3.63, 3.8) is 0 Å². The summed E-state index contributed by atoms with van der Waals surface area (Å²) in [5, 5.41) is 10.2. The fraction of sp³-hybridized carbons (Fsp3) is 0.143. The predicted octanol–water partition coefficient (Wildman–Crippen LogP) is 3.71. The van der Waals surface area contributed by atoms with Crippen molar-refractivity contribution >= 4 is 11.6 Å². The molecule has 0 aliphatic rings. The summed E-state index contributed by atoms with van der Waals surface area (Å²) in [7, 11) is 1.35. The Hall–Kier alpha value is -1.65. The first kappa shape index (κ1) is 13.8. The van der Waals surface area contributed by atoms with Gasteiger partial charge in [0.1, 0.15) is 11.9 Å². The van der Waals surface area contributed by atoms with Gasteiger partial charge in [-0.25, -0.2) is 8.78 Å². The Morgan fingerprint density at radius 3 is 2.47 bits per heavy atom. The van der Waals surface area contributed by atoms with Crippen LogP contribution in [0.5, 0.6) is 5.75 Å². The van der Waals surface area contributed by atoms with E-state index >= 15 is 0 Å². The summed E-state index contributed by atoms with van der Waals surface area (Å²) >= 11 is 5.85. The van der Waals surface area contributed by atoms with E-state index in [1.54, 1.807) is 0 Å². The van der Waals surface area contributed by atoms with E-state index in [1.807, 2.05) is 0 Å². The van der Waals surface area contributed by atoms with Gasteiger partial charge in [0.2, 0.25) is 0 Å². The van der Waals surface area contributed by atoms with Gasteiger partial charge in [0, 0.05) is 10.6 Å². The van der Waals surface area contributed by atoms with Crippen LogP contribution in [-0.4, -0.2) is 12.2 Å². The highest BCUT2D eigenvalue weighted by molar-refractivity contribution is 6.31. The number of benzene rings is 2. The van der Waals surface area contributed by atoms with E-state index < -0.39 is 17.7 Å². The van der Waals surface area contributed by atoms with E-state index in [-0.39, 0.29) is 10.8 Å². The van der Waals surface area contributed by atoms with Crippen LogP contribution in [0.1, 0.15) is 17.2 Å². The van der Waals surface area contributed by atoms with Crippen LogP contribution in [0.25, 0.3) is 0 Å². The maximum Gasteiger partial charge on any atom is 0.165 e. The Morgan fingerprint density at radius 1 is 1.16 bits per heavy atom. The summed E-state index contributed by atoms with van der Waals surface area (Å²) in [6, 6.07) is 7.73. The Balaban J connectivity index is 2.38. The third-order valence-electron chi connectivity index (χ3n) is 2.75. The molecule has 2 nitrogen and oxygen atoms in total. The van der Waals surface area contributed by atoms with E-state index in [0.29, 0.717) is 11.1 Å². The van der Waals surface area contributed by atoms with Crippen LogP contribution in [0.3, 0.4) is 0 Å². The van der Waals surface area contributed by atoms with Gasteiger partial charge in [-0.15, -0.1) is 0 Å². The molecule has 2 aromatic rings. The lowest BCUT2D eigenvalue weighted by molar-refractivity contribution is 0.219. The van der Waals surface area contributed by atoms with E-state index in [4.69, 9.17) is 16.3 Å². The molecule has 100 valence electrons. The van der Waals surface area contributed by atoms with Crippen LogP contribution >= 0.6 is 11.6 Å². The largest absolute Gasteiger partial charge is 0.494 e. The number of rotatable bonds is 3. The number of aliphatic hydroxyl groups is 1. The van der Waals surface area contributed by atoms with Crippen LogP contribution in [0.15, 0.2) is 36.4 Å². The Kier molecular flexibility index (Phi) is 4.02. The van der Waals surface area contributed by atoms with Crippen LogP contribution in [0.4, 0.5) is 8.78 Å². The summed E-state index contributed by atoms with van der Waals surface area (Å²) in [5.41, 5.74) is 0.624. The maximum atomic E-state index is 13.6. The van der Waals surface area contributed by atoms with Crippen molar-refractivity contribution in [1.29, 1.82) is 0 Å². The van der Waals surface area contributed by atoms with Gasteiger partial charge in [0.05, 0.1) is 7.11 Å². The van der Waals surface area contributed by atoms with Crippen LogP contribution in [0.2, 0.25) is 5.02 Å². The van der Waals surface area contributed by atoms with Gasteiger partial charge in [-0.05, 0) is 29.8 Å². The van der Waals surface area contributed by atoms with Crippen molar-refractivity contribution in [2.45, 2.75) is 6.10 Å². The fourth-order valence-corrected chi connectivity index (χ4v) is 2.03. The number of methoxy groups -OCH3 is 1. The molecule has 0 bridgehead atoms. The predicted molar refractivity (Wildman–Crippen MR) is 68.4 cm³/mol. The van der Waals surface area contributed by atoms with Gasteiger partial charge in [-0.2, -0.15) is 0 Å². The lowest BCUT2D eigenvalue weighted by atomic mass is 10.0. The van der Waals surface area contributed by atoms with E-state index in [2.05, 4.69) is 0 Å². The maximum absolute atomic E-state index is 13.6. The average Bonchev–Trinajstić information content (AvgIpc) is 2.38. The van der Waals surface area contributed by atoms with Gasteiger partial charge in [0.15, 0.2) is 11.6 Å². The summed E-state index contributed by atoms with van der Waals surface area (Å²) in [6.45, 7) is 0. The van der Waals surface area contributed by atoms with Crippen molar-refractivity contribution in [1.82, 2.24) is 0 Å². The number of ether oxygens (including phenoxy) is 1. The smallest absolute Gasteiger partial charge is 0.165 e. The molecular weight excluding hydrogens is 274 g/mol. The molecular formula is C14H11ClF2O2. The monoisotopic (exact) mass is 284 g/mol. The summed E-state index contributed by atoms with van der Waals surface area (Å²) in [5.74, 6) is -1.000. The molecule has 19 heavy (non-hydrogen) atoms. The normalized spacial score (nSPS) is 12.3. The molecule has 1 unspecified atom stereocenters. The van der Waals surface area contributed by atoms with E-state index in [0.717, 1.165) is 12.1 Å². The van der Waals surface area contributed by atoms with Gasteiger partial charge in [0.25, 0.3) is 0 Å². The standard InChI is InChI=1S/C14H11ClF2O2/c1-19-13-5-2-8(6-12(13)17)14(18)10-4-3-9(16)7-11(10)15/h2-7,14,18H,1H3. The van der Waals surface area contributed by atoms with Crippen molar-refractivity contribution in [2.75, 3.05) is 7.11 Å². The van der Waals surface area contributed by atoms with Gasteiger partial charge >= 0.3 is 0 Å². The number of aliphatic hydroxyl groups excluding tert-OH is 1. The average molecular weight is 285 g/mol. The molecule has 2 aromatic carbocycles. The minimum absolute atomic E-state index is 0.0844. The zero-order chi connectivity index (χ0) is 14.0. The second kappa shape index (κ2) is 5.55. The van der Waals surface area contributed by atoms with Crippen molar-refractivity contribution < 1.29 is 18.6 Å². The van der Waals surface area contributed by atoms with Crippen LogP contribution in [0, 0.1) is 11.6 Å². The highest BCUT2D eigenvalue weighted by Crippen LogP contribution is 2.30. The summed E-state index contributed by atoms with van der Waals surface area (Å²) in [6.07, 6.45) is -1.13. The zero-order valence-corrected chi connectivity index (χ0v) is 10.8. The van der Waals surface area contributed by atoms with E-state index in [1.165, 1.54) is 31.4 Å². The molecule has 1 atom stereocenters. The van der Waals surface area contributed by atoms with Gasteiger partial charge < -0.3 is 9.84 Å². The molecule has 1 N–H and O–H groups in total. The highest BCUT2D eigenvalue weighted by atomic mass is 35.5. The number of halogens is 3. The first-order valence-electron chi connectivity index (χ1n) is 5.49. The zero-order valence-electron chi connectivity index (χ0n) is 10.0. The Morgan fingerprint density at radius 2 is 1.89 bits per heavy atom. The van der Waals surface area contributed by atoms with Crippen molar-refractivity contribution in [3.05, 3.63) is 64.2 Å². The molecule has 0 aromatic heterocycles. The Labute approximate surface area is 114 Å². The van der Waals surface area contributed by atoms with Gasteiger partial charge in [-0.1, -0.05) is 23.7 Å². The second-order valence-electron chi connectivity index (χ2n) is 3.96. The second-order valence-corrected chi connectivity index (χ2v) is 4.37. The fourth-order valence-electron chi connectivity index (χ4n) is 1.76. The molecule has 0 aliphatic carbocycles. The molecule has 0 amide bonds. The van der Waals surface area contributed by atoms with Crippen molar-refractivity contribution in [2.24, 2.45) is 0 Å². The minimum atomic E-state index is -1.13. The lowest BCUT2D eigenvalue weighted by Crippen LogP contribution is -2.02. The molecule has 0 saturated heterocycles. The SMILES string of the molecule is COc1ccc(C(O)c2ccc(F)cc2Cl)cc1F. The lowest BCUT2D eigenvalue weighted by Gasteiger charge is -2.14. The molecule has 0 radical (unpaired) electrons. The first-order valence-corrected chi connectivity index (χ1v) is 5.87.